The summed E-state index contributed by atoms with van der Waals surface area (Å²) < 4.78 is 13.2. The standard InChI is InChI=1S/C19H19ClFN3O2/c20-14-12-13(8-9-15(14)21)22-18(25)16-6-5-7-17(23-16)19(26)24-10-3-1-2-4-11-24/h5-9,12H,1-4,10-11H2,(H,22,25). The Morgan fingerprint density at radius 1 is 1.04 bits per heavy atom. The van der Waals surface area contributed by atoms with Gasteiger partial charge < -0.3 is 10.2 Å². The molecule has 136 valence electrons. The smallest absolute Gasteiger partial charge is 0.274 e. The Morgan fingerprint density at radius 3 is 2.42 bits per heavy atom. The van der Waals surface area contributed by atoms with Gasteiger partial charge in [0, 0.05) is 18.8 Å². The zero-order valence-corrected chi connectivity index (χ0v) is 14.9. The van der Waals surface area contributed by atoms with Gasteiger partial charge in [0.1, 0.15) is 17.2 Å². The third-order valence-corrected chi connectivity index (χ3v) is 4.56. The molecule has 0 radical (unpaired) electrons. The Kier molecular flexibility index (Phi) is 5.83. The average Bonchev–Trinajstić information content (AvgIpc) is 2.93. The van der Waals surface area contributed by atoms with E-state index in [0.29, 0.717) is 18.8 Å². The van der Waals surface area contributed by atoms with E-state index in [0.717, 1.165) is 25.7 Å². The number of nitrogens with zero attached hydrogens (tertiary/aromatic N) is 2. The number of benzene rings is 1. The number of aromatic nitrogens is 1. The van der Waals surface area contributed by atoms with E-state index in [4.69, 9.17) is 11.6 Å². The Balaban J connectivity index is 1.74. The molecule has 0 unspecified atom stereocenters. The molecule has 0 spiro atoms. The van der Waals surface area contributed by atoms with Crippen LogP contribution in [0.4, 0.5) is 10.1 Å². The Labute approximate surface area is 156 Å². The Hall–Kier alpha value is -2.47. The molecular weight excluding hydrogens is 357 g/mol. The van der Waals surface area contributed by atoms with Gasteiger partial charge >= 0.3 is 0 Å². The molecular formula is C19H19ClFN3O2. The van der Waals surface area contributed by atoms with Gasteiger partial charge in [0.2, 0.25) is 0 Å². The van der Waals surface area contributed by atoms with E-state index in [9.17, 15) is 14.0 Å². The van der Waals surface area contributed by atoms with E-state index in [1.807, 2.05) is 0 Å². The normalized spacial score (nSPS) is 14.6. The minimum absolute atomic E-state index is 0.0825. The number of amides is 2. The van der Waals surface area contributed by atoms with Crippen LogP contribution < -0.4 is 5.32 Å². The van der Waals surface area contributed by atoms with Crippen molar-refractivity contribution in [2.45, 2.75) is 25.7 Å². The average molecular weight is 376 g/mol. The van der Waals surface area contributed by atoms with Crippen LogP contribution in [-0.4, -0.2) is 34.8 Å². The number of rotatable bonds is 3. The minimum atomic E-state index is -0.562. The number of carbonyl (C=O) groups is 2. The second-order valence-electron chi connectivity index (χ2n) is 6.20. The zero-order chi connectivity index (χ0) is 18.5. The van der Waals surface area contributed by atoms with Crippen LogP contribution in [0.2, 0.25) is 5.02 Å². The fourth-order valence-electron chi connectivity index (χ4n) is 2.89. The van der Waals surface area contributed by atoms with Crippen LogP contribution in [0.5, 0.6) is 0 Å². The molecule has 1 N–H and O–H groups in total. The van der Waals surface area contributed by atoms with Crippen molar-refractivity contribution in [2.75, 3.05) is 18.4 Å². The molecule has 2 heterocycles. The fraction of sp³-hybridized carbons (Fsp3) is 0.316. The minimum Gasteiger partial charge on any atom is -0.337 e. The first-order chi connectivity index (χ1) is 12.5. The van der Waals surface area contributed by atoms with E-state index in [1.165, 1.54) is 24.3 Å². The van der Waals surface area contributed by atoms with E-state index in [2.05, 4.69) is 10.3 Å². The van der Waals surface area contributed by atoms with Crippen molar-refractivity contribution in [3.63, 3.8) is 0 Å². The number of pyridine rings is 1. The van der Waals surface area contributed by atoms with Crippen molar-refractivity contribution in [3.05, 3.63) is 58.6 Å². The second kappa shape index (κ2) is 8.27. The molecule has 1 aliphatic rings. The van der Waals surface area contributed by atoms with Crippen LogP contribution >= 0.6 is 11.6 Å². The topological polar surface area (TPSA) is 62.3 Å². The number of anilines is 1. The summed E-state index contributed by atoms with van der Waals surface area (Å²) in [5, 5.41) is 2.52. The number of halogens is 2. The first kappa shape index (κ1) is 18.3. The molecule has 26 heavy (non-hydrogen) atoms. The van der Waals surface area contributed by atoms with Crippen LogP contribution in [0.15, 0.2) is 36.4 Å². The SMILES string of the molecule is O=C(Nc1ccc(F)c(Cl)c1)c1cccc(C(=O)N2CCCCCC2)n1. The summed E-state index contributed by atoms with van der Waals surface area (Å²) >= 11 is 5.72. The third kappa shape index (κ3) is 4.38. The Morgan fingerprint density at radius 2 is 1.73 bits per heavy atom. The monoisotopic (exact) mass is 375 g/mol. The van der Waals surface area contributed by atoms with Gasteiger partial charge in [0.15, 0.2) is 0 Å². The van der Waals surface area contributed by atoms with Crippen molar-refractivity contribution in [3.8, 4) is 0 Å². The van der Waals surface area contributed by atoms with Crippen LogP contribution in [0, 0.1) is 5.82 Å². The zero-order valence-electron chi connectivity index (χ0n) is 14.2. The highest BCUT2D eigenvalue weighted by Gasteiger charge is 2.20. The van der Waals surface area contributed by atoms with Gasteiger partial charge in [-0.05, 0) is 43.2 Å². The number of likely N-dealkylation sites (tertiary alicyclic amines) is 1. The van der Waals surface area contributed by atoms with Crippen molar-refractivity contribution >= 4 is 29.1 Å². The van der Waals surface area contributed by atoms with Gasteiger partial charge in [-0.15, -0.1) is 0 Å². The second-order valence-corrected chi connectivity index (χ2v) is 6.60. The summed E-state index contributed by atoms with van der Waals surface area (Å²) in [5.74, 6) is -1.21. The summed E-state index contributed by atoms with van der Waals surface area (Å²) in [7, 11) is 0. The first-order valence-corrected chi connectivity index (χ1v) is 8.95. The summed E-state index contributed by atoms with van der Waals surface area (Å²) in [6, 6.07) is 8.67. The highest BCUT2D eigenvalue weighted by atomic mass is 35.5. The molecule has 2 amide bonds. The number of nitrogens with one attached hydrogen (secondary N) is 1. The van der Waals surface area contributed by atoms with Gasteiger partial charge in [-0.2, -0.15) is 0 Å². The van der Waals surface area contributed by atoms with Crippen molar-refractivity contribution in [1.29, 1.82) is 0 Å². The summed E-state index contributed by atoms with van der Waals surface area (Å²) in [6.45, 7) is 1.43. The Bertz CT molecular complexity index is 820. The van der Waals surface area contributed by atoms with E-state index in [-0.39, 0.29) is 22.3 Å². The number of carbonyl (C=O) groups excluding carboxylic acids is 2. The highest BCUT2D eigenvalue weighted by Crippen LogP contribution is 2.20. The molecule has 3 rings (SSSR count). The lowest BCUT2D eigenvalue weighted by Gasteiger charge is -2.19. The van der Waals surface area contributed by atoms with E-state index in [1.54, 1.807) is 17.0 Å². The molecule has 1 fully saturated rings. The van der Waals surface area contributed by atoms with Crippen LogP contribution in [0.3, 0.4) is 0 Å². The maximum Gasteiger partial charge on any atom is 0.274 e. The van der Waals surface area contributed by atoms with Gasteiger partial charge in [-0.1, -0.05) is 30.5 Å². The quantitative estimate of drug-likeness (QED) is 0.876. The van der Waals surface area contributed by atoms with E-state index >= 15 is 0 Å². The van der Waals surface area contributed by atoms with Gasteiger partial charge in [-0.25, -0.2) is 9.37 Å². The maximum absolute atomic E-state index is 13.2. The maximum atomic E-state index is 13.2. The highest BCUT2D eigenvalue weighted by molar-refractivity contribution is 6.31. The van der Waals surface area contributed by atoms with Crippen LogP contribution in [-0.2, 0) is 0 Å². The van der Waals surface area contributed by atoms with Gasteiger partial charge in [-0.3, -0.25) is 9.59 Å². The number of hydrogen-bond donors (Lipinski definition) is 1. The molecule has 2 aromatic rings. The summed E-state index contributed by atoms with van der Waals surface area (Å²) in [5.41, 5.74) is 0.718. The predicted molar refractivity (Wildman–Crippen MR) is 98.0 cm³/mol. The largest absolute Gasteiger partial charge is 0.337 e. The molecule has 0 saturated carbocycles. The predicted octanol–water partition coefficient (Wildman–Crippen LogP) is 4.14. The van der Waals surface area contributed by atoms with Gasteiger partial charge in [0.25, 0.3) is 11.8 Å². The van der Waals surface area contributed by atoms with Crippen molar-refractivity contribution < 1.29 is 14.0 Å². The van der Waals surface area contributed by atoms with Crippen LogP contribution in [0.1, 0.15) is 46.7 Å². The lowest BCUT2D eigenvalue weighted by atomic mass is 10.2. The van der Waals surface area contributed by atoms with Crippen molar-refractivity contribution in [1.82, 2.24) is 9.88 Å². The molecule has 1 aliphatic heterocycles. The van der Waals surface area contributed by atoms with Gasteiger partial charge in [0.05, 0.1) is 5.02 Å². The summed E-state index contributed by atoms with van der Waals surface area (Å²) in [4.78, 5) is 31.0. The molecule has 1 aromatic carbocycles. The molecule has 0 atom stereocenters. The lowest BCUT2D eigenvalue weighted by molar-refractivity contribution is 0.0755. The number of hydrogen-bond acceptors (Lipinski definition) is 3. The molecule has 5 nitrogen and oxygen atoms in total. The fourth-order valence-corrected chi connectivity index (χ4v) is 3.07. The molecule has 1 aromatic heterocycles. The lowest BCUT2D eigenvalue weighted by Crippen LogP contribution is -2.32. The molecule has 1 saturated heterocycles. The first-order valence-electron chi connectivity index (χ1n) is 8.57. The molecule has 7 heteroatoms. The molecule has 0 aliphatic carbocycles. The van der Waals surface area contributed by atoms with E-state index < -0.39 is 11.7 Å². The van der Waals surface area contributed by atoms with Crippen LogP contribution in [0.25, 0.3) is 0 Å². The molecule has 0 bridgehead atoms. The summed E-state index contributed by atoms with van der Waals surface area (Å²) in [6.07, 6.45) is 4.22. The third-order valence-electron chi connectivity index (χ3n) is 4.27. The van der Waals surface area contributed by atoms with Crippen molar-refractivity contribution in [2.24, 2.45) is 0 Å².